The van der Waals surface area contributed by atoms with Crippen molar-refractivity contribution >= 4 is 11.5 Å². The van der Waals surface area contributed by atoms with Gasteiger partial charge in [-0.2, -0.15) is 0 Å². The van der Waals surface area contributed by atoms with Gasteiger partial charge in [-0.3, -0.25) is 0 Å². The number of aromatic amines is 1. The summed E-state index contributed by atoms with van der Waals surface area (Å²) >= 11 is 0. The molecular formula is C6H8N6O. The SMILES string of the molecule is CCc1nnc2c(N)n[nH]c(=O)n12. The minimum absolute atomic E-state index is 0.173. The van der Waals surface area contributed by atoms with Gasteiger partial charge in [0.05, 0.1) is 0 Å². The summed E-state index contributed by atoms with van der Waals surface area (Å²) in [5.41, 5.74) is 5.43. The van der Waals surface area contributed by atoms with E-state index in [1.54, 1.807) is 0 Å². The first kappa shape index (κ1) is 7.71. The Morgan fingerprint density at radius 1 is 1.54 bits per heavy atom. The Labute approximate surface area is 72.6 Å². The second kappa shape index (κ2) is 2.54. The van der Waals surface area contributed by atoms with Crippen LogP contribution < -0.4 is 11.4 Å². The van der Waals surface area contributed by atoms with Crippen molar-refractivity contribution < 1.29 is 0 Å². The Hall–Kier alpha value is -1.92. The molecule has 13 heavy (non-hydrogen) atoms. The Morgan fingerprint density at radius 2 is 2.31 bits per heavy atom. The van der Waals surface area contributed by atoms with E-state index in [9.17, 15) is 4.79 Å². The van der Waals surface area contributed by atoms with Crippen molar-refractivity contribution in [3.05, 3.63) is 16.3 Å². The number of nitrogens with one attached hydrogen (secondary N) is 1. The quantitative estimate of drug-likeness (QED) is 0.583. The van der Waals surface area contributed by atoms with E-state index in [1.165, 1.54) is 4.40 Å². The second-order valence-electron chi connectivity index (χ2n) is 2.54. The lowest BCUT2D eigenvalue weighted by Crippen LogP contribution is -2.20. The maximum Gasteiger partial charge on any atom is 0.349 e. The van der Waals surface area contributed by atoms with Crippen LogP contribution in [-0.4, -0.2) is 24.8 Å². The van der Waals surface area contributed by atoms with Gasteiger partial charge < -0.3 is 5.73 Å². The fraction of sp³-hybridized carbons (Fsp3) is 0.333. The molecule has 2 rings (SSSR count). The molecule has 0 aliphatic rings. The zero-order valence-electron chi connectivity index (χ0n) is 6.98. The van der Waals surface area contributed by atoms with Crippen LogP contribution in [0.1, 0.15) is 12.7 Å². The number of aryl methyl sites for hydroxylation is 1. The molecule has 0 amide bonds. The summed E-state index contributed by atoms with van der Waals surface area (Å²) in [5, 5.41) is 13.4. The molecule has 0 aliphatic carbocycles. The molecule has 0 unspecified atom stereocenters. The van der Waals surface area contributed by atoms with Crippen LogP contribution in [0.5, 0.6) is 0 Å². The van der Waals surface area contributed by atoms with Gasteiger partial charge in [0.2, 0.25) is 5.65 Å². The normalized spacial score (nSPS) is 10.8. The minimum Gasteiger partial charge on any atom is -0.379 e. The molecule has 0 atom stereocenters. The topological polar surface area (TPSA) is 102 Å². The Bertz CT molecular complexity index is 497. The molecule has 0 saturated heterocycles. The lowest BCUT2D eigenvalue weighted by molar-refractivity contribution is 0.833. The molecule has 0 bridgehead atoms. The zero-order valence-corrected chi connectivity index (χ0v) is 6.98. The van der Waals surface area contributed by atoms with Crippen LogP contribution in [-0.2, 0) is 6.42 Å². The smallest absolute Gasteiger partial charge is 0.349 e. The highest BCUT2D eigenvalue weighted by Crippen LogP contribution is 2.04. The predicted octanol–water partition coefficient (Wildman–Crippen LogP) is -1.04. The third-order valence-electron chi connectivity index (χ3n) is 1.75. The summed E-state index contributed by atoms with van der Waals surface area (Å²) in [5.74, 6) is 0.747. The number of aromatic nitrogens is 5. The van der Waals surface area contributed by atoms with Gasteiger partial charge in [0.15, 0.2) is 5.82 Å². The van der Waals surface area contributed by atoms with Crippen molar-refractivity contribution in [2.24, 2.45) is 0 Å². The van der Waals surface area contributed by atoms with Gasteiger partial charge in [0, 0.05) is 6.42 Å². The van der Waals surface area contributed by atoms with Gasteiger partial charge in [0.1, 0.15) is 5.82 Å². The van der Waals surface area contributed by atoms with Crippen molar-refractivity contribution in [1.29, 1.82) is 0 Å². The van der Waals surface area contributed by atoms with E-state index in [1.807, 2.05) is 6.92 Å². The maximum atomic E-state index is 11.3. The van der Waals surface area contributed by atoms with Crippen molar-refractivity contribution in [1.82, 2.24) is 24.8 Å². The number of nitrogen functional groups attached to an aromatic ring is 1. The summed E-state index contributed by atoms with van der Waals surface area (Å²) in [7, 11) is 0. The van der Waals surface area contributed by atoms with Gasteiger partial charge in [-0.25, -0.2) is 14.3 Å². The standard InChI is InChI=1S/C6H8N6O/c1-2-3-8-10-5-4(7)9-11-6(13)12(3)5/h2H2,1H3,(H2,7,9)(H,11,13). The van der Waals surface area contributed by atoms with Crippen molar-refractivity contribution in [3.8, 4) is 0 Å². The van der Waals surface area contributed by atoms with Crippen LogP contribution in [0.4, 0.5) is 5.82 Å². The first-order valence-corrected chi connectivity index (χ1v) is 3.82. The van der Waals surface area contributed by atoms with Crippen molar-refractivity contribution in [2.45, 2.75) is 13.3 Å². The van der Waals surface area contributed by atoms with E-state index in [0.717, 1.165) is 0 Å². The third kappa shape index (κ3) is 0.968. The van der Waals surface area contributed by atoms with E-state index < -0.39 is 0 Å². The molecule has 0 spiro atoms. The van der Waals surface area contributed by atoms with E-state index in [4.69, 9.17) is 5.73 Å². The van der Waals surface area contributed by atoms with E-state index in [2.05, 4.69) is 20.4 Å². The molecule has 3 N–H and O–H groups in total. The zero-order chi connectivity index (χ0) is 9.42. The number of hydrogen-bond acceptors (Lipinski definition) is 5. The molecule has 7 nitrogen and oxygen atoms in total. The first-order chi connectivity index (χ1) is 6.24. The first-order valence-electron chi connectivity index (χ1n) is 3.82. The molecule has 0 aromatic carbocycles. The number of H-pyrrole nitrogens is 1. The van der Waals surface area contributed by atoms with Crippen LogP contribution in [0.15, 0.2) is 4.79 Å². The Balaban J connectivity index is 2.96. The van der Waals surface area contributed by atoms with Crippen LogP contribution in [0.3, 0.4) is 0 Å². The molecule has 2 aromatic heterocycles. The van der Waals surface area contributed by atoms with E-state index >= 15 is 0 Å². The number of rotatable bonds is 1. The highest BCUT2D eigenvalue weighted by Gasteiger charge is 2.09. The Morgan fingerprint density at radius 3 is 3.00 bits per heavy atom. The van der Waals surface area contributed by atoms with Gasteiger partial charge in [-0.15, -0.1) is 15.3 Å². The fourth-order valence-electron chi connectivity index (χ4n) is 1.13. The maximum absolute atomic E-state index is 11.3. The largest absolute Gasteiger partial charge is 0.379 e. The predicted molar refractivity (Wildman–Crippen MR) is 45.2 cm³/mol. The van der Waals surface area contributed by atoms with Gasteiger partial charge >= 0.3 is 5.69 Å². The Kier molecular flexibility index (Phi) is 1.51. The summed E-state index contributed by atoms with van der Waals surface area (Å²) in [4.78, 5) is 11.3. The highest BCUT2D eigenvalue weighted by atomic mass is 16.1. The summed E-state index contributed by atoms with van der Waals surface area (Å²) in [6.07, 6.45) is 0.619. The second-order valence-corrected chi connectivity index (χ2v) is 2.54. The number of nitrogens with two attached hydrogens (primary N) is 1. The van der Waals surface area contributed by atoms with Gasteiger partial charge in [-0.05, 0) is 0 Å². The average Bonchev–Trinajstić information content (AvgIpc) is 2.56. The van der Waals surface area contributed by atoms with Gasteiger partial charge in [-0.1, -0.05) is 6.92 Å². The summed E-state index contributed by atoms with van der Waals surface area (Å²) < 4.78 is 1.32. The van der Waals surface area contributed by atoms with E-state index in [0.29, 0.717) is 17.9 Å². The monoisotopic (exact) mass is 180 g/mol. The molecule has 2 aromatic rings. The molecular weight excluding hydrogens is 172 g/mol. The minimum atomic E-state index is -0.369. The number of nitrogens with zero attached hydrogens (tertiary/aromatic N) is 4. The average molecular weight is 180 g/mol. The van der Waals surface area contributed by atoms with Crippen LogP contribution in [0, 0.1) is 0 Å². The van der Waals surface area contributed by atoms with Gasteiger partial charge in [0.25, 0.3) is 0 Å². The van der Waals surface area contributed by atoms with E-state index in [-0.39, 0.29) is 11.5 Å². The van der Waals surface area contributed by atoms with Crippen LogP contribution in [0.2, 0.25) is 0 Å². The summed E-state index contributed by atoms with van der Waals surface area (Å²) in [6, 6.07) is 0. The molecule has 0 fully saturated rings. The fourth-order valence-corrected chi connectivity index (χ4v) is 1.13. The van der Waals surface area contributed by atoms with Crippen LogP contribution >= 0.6 is 0 Å². The lowest BCUT2D eigenvalue weighted by atomic mass is 10.4. The lowest BCUT2D eigenvalue weighted by Gasteiger charge is -1.95. The third-order valence-corrected chi connectivity index (χ3v) is 1.75. The number of hydrogen-bond donors (Lipinski definition) is 2. The molecule has 0 aliphatic heterocycles. The molecule has 7 heteroatoms. The summed E-state index contributed by atoms with van der Waals surface area (Å²) in [6.45, 7) is 1.88. The number of fused-ring (bicyclic) bond motifs is 1. The molecule has 2 heterocycles. The number of anilines is 1. The molecule has 0 saturated carbocycles. The highest BCUT2D eigenvalue weighted by molar-refractivity contribution is 5.57. The molecule has 68 valence electrons. The van der Waals surface area contributed by atoms with Crippen molar-refractivity contribution in [3.63, 3.8) is 0 Å². The van der Waals surface area contributed by atoms with Crippen molar-refractivity contribution in [2.75, 3.05) is 5.73 Å². The van der Waals surface area contributed by atoms with Crippen LogP contribution in [0.25, 0.3) is 5.65 Å². The molecule has 0 radical (unpaired) electrons.